The van der Waals surface area contributed by atoms with Gasteiger partial charge in [0.05, 0.1) is 51.3 Å². The first-order valence-corrected chi connectivity index (χ1v) is 11.2. The fourth-order valence-electron chi connectivity index (χ4n) is 3.56. The van der Waals surface area contributed by atoms with E-state index in [4.69, 9.17) is 18.9 Å². The van der Waals surface area contributed by atoms with E-state index in [-0.39, 0.29) is 5.91 Å². The van der Waals surface area contributed by atoms with E-state index in [2.05, 4.69) is 10.4 Å². The number of benzene rings is 2. The van der Waals surface area contributed by atoms with Gasteiger partial charge in [0, 0.05) is 21.9 Å². The molecule has 32 heavy (non-hydrogen) atoms. The molecule has 168 valence electrons. The van der Waals surface area contributed by atoms with Gasteiger partial charge in [-0.1, -0.05) is 0 Å². The molecule has 0 bridgehead atoms. The van der Waals surface area contributed by atoms with Crippen LogP contribution in [0.2, 0.25) is 0 Å². The molecule has 1 aromatic heterocycles. The van der Waals surface area contributed by atoms with Gasteiger partial charge in [0.25, 0.3) is 5.91 Å². The van der Waals surface area contributed by atoms with Crippen LogP contribution in [0.5, 0.6) is 23.0 Å². The van der Waals surface area contributed by atoms with Gasteiger partial charge in [0.2, 0.25) is 5.75 Å². The van der Waals surface area contributed by atoms with Gasteiger partial charge in [-0.3, -0.25) is 9.00 Å². The van der Waals surface area contributed by atoms with Crippen LogP contribution in [0.1, 0.15) is 21.6 Å². The lowest BCUT2D eigenvalue weighted by atomic mass is 10.1. The summed E-state index contributed by atoms with van der Waals surface area (Å²) in [5.41, 5.74) is 2.53. The number of anilines is 1. The van der Waals surface area contributed by atoms with Crippen LogP contribution in [-0.4, -0.2) is 48.3 Å². The van der Waals surface area contributed by atoms with Crippen molar-refractivity contribution in [2.24, 2.45) is 0 Å². The molecule has 1 atom stereocenters. The van der Waals surface area contributed by atoms with Crippen molar-refractivity contribution < 1.29 is 28.0 Å². The summed E-state index contributed by atoms with van der Waals surface area (Å²) in [5, 5.41) is 7.55. The van der Waals surface area contributed by atoms with E-state index >= 15 is 0 Å². The summed E-state index contributed by atoms with van der Waals surface area (Å²) in [6.07, 6.45) is 0. The van der Waals surface area contributed by atoms with E-state index in [0.717, 1.165) is 11.3 Å². The Morgan fingerprint density at radius 2 is 1.62 bits per heavy atom. The number of carbonyl (C=O) groups excluding carboxylic acids is 1. The molecule has 1 N–H and O–H groups in total. The first-order chi connectivity index (χ1) is 15.5. The Bertz CT molecular complexity index is 1160. The SMILES string of the molecule is COc1ccc(-n2nc3c(c2NC(=O)c2cc(OC)c(OC)c(OC)c2)CS(=O)C3)cc1. The summed E-state index contributed by atoms with van der Waals surface area (Å²) < 4.78 is 35.0. The molecule has 0 aliphatic carbocycles. The number of hydrogen-bond acceptors (Lipinski definition) is 7. The van der Waals surface area contributed by atoms with Crippen molar-refractivity contribution in [3.8, 4) is 28.7 Å². The Balaban J connectivity index is 1.74. The van der Waals surface area contributed by atoms with Gasteiger partial charge in [-0.2, -0.15) is 5.10 Å². The third-order valence-corrected chi connectivity index (χ3v) is 6.35. The second-order valence-corrected chi connectivity index (χ2v) is 8.44. The predicted octanol–water partition coefficient (Wildman–Crippen LogP) is 2.92. The maximum Gasteiger partial charge on any atom is 0.257 e. The minimum absolute atomic E-state index is 0.315. The van der Waals surface area contributed by atoms with E-state index in [1.807, 2.05) is 24.3 Å². The van der Waals surface area contributed by atoms with Gasteiger partial charge >= 0.3 is 0 Å². The van der Waals surface area contributed by atoms with Gasteiger partial charge in [-0.25, -0.2) is 4.68 Å². The molecule has 1 amide bonds. The van der Waals surface area contributed by atoms with Crippen LogP contribution in [0.4, 0.5) is 5.82 Å². The Kier molecular flexibility index (Phi) is 6.04. The fourth-order valence-corrected chi connectivity index (χ4v) is 4.82. The molecule has 0 fully saturated rings. The Morgan fingerprint density at radius 1 is 0.969 bits per heavy atom. The van der Waals surface area contributed by atoms with Crippen LogP contribution in [-0.2, 0) is 22.3 Å². The lowest BCUT2D eigenvalue weighted by Gasteiger charge is -2.15. The number of nitrogens with zero attached hydrogens (tertiary/aromatic N) is 2. The smallest absolute Gasteiger partial charge is 0.257 e. The van der Waals surface area contributed by atoms with Gasteiger partial charge in [-0.15, -0.1) is 0 Å². The summed E-state index contributed by atoms with van der Waals surface area (Å²) in [6, 6.07) is 10.4. The van der Waals surface area contributed by atoms with Crippen LogP contribution in [0.3, 0.4) is 0 Å². The van der Waals surface area contributed by atoms with E-state index in [9.17, 15) is 9.00 Å². The zero-order valence-corrected chi connectivity index (χ0v) is 18.9. The monoisotopic (exact) mass is 457 g/mol. The van der Waals surface area contributed by atoms with E-state index in [1.54, 1.807) is 23.9 Å². The quantitative estimate of drug-likeness (QED) is 0.582. The average Bonchev–Trinajstić information content (AvgIpc) is 3.34. The minimum atomic E-state index is -1.05. The first kappa shape index (κ1) is 21.7. The number of carbonyl (C=O) groups is 1. The highest BCUT2D eigenvalue weighted by atomic mass is 32.2. The summed E-state index contributed by atoms with van der Waals surface area (Å²) in [5.74, 6) is 2.61. The molecule has 1 aliphatic rings. The van der Waals surface area contributed by atoms with Crippen molar-refractivity contribution in [3.63, 3.8) is 0 Å². The lowest BCUT2D eigenvalue weighted by molar-refractivity contribution is 0.102. The topological polar surface area (TPSA) is 101 Å². The van der Waals surface area contributed by atoms with E-state index in [0.29, 0.717) is 51.6 Å². The molecular weight excluding hydrogens is 434 g/mol. The number of fused-ring (bicyclic) bond motifs is 1. The van der Waals surface area contributed by atoms with Crippen molar-refractivity contribution in [2.75, 3.05) is 33.8 Å². The van der Waals surface area contributed by atoms with Crippen molar-refractivity contribution in [3.05, 3.63) is 53.2 Å². The molecular formula is C22H23N3O6S. The number of amides is 1. The van der Waals surface area contributed by atoms with Gasteiger partial charge in [-0.05, 0) is 36.4 Å². The van der Waals surface area contributed by atoms with Gasteiger partial charge in [0.15, 0.2) is 11.5 Å². The molecule has 3 aromatic rings. The Morgan fingerprint density at radius 3 is 2.19 bits per heavy atom. The molecule has 0 saturated carbocycles. The minimum Gasteiger partial charge on any atom is -0.497 e. The summed E-state index contributed by atoms with van der Waals surface area (Å²) in [7, 11) is 5.02. The molecule has 0 saturated heterocycles. The first-order valence-electron chi connectivity index (χ1n) is 9.70. The molecule has 10 heteroatoms. The van der Waals surface area contributed by atoms with E-state index < -0.39 is 10.8 Å². The number of hydrogen-bond donors (Lipinski definition) is 1. The number of nitrogens with one attached hydrogen (secondary N) is 1. The Hall–Kier alpha value is -3.53. The molecule has 9 nitrogen and oxygen atoms in total. The number of methoxy groups -OCH3 is 4. The average molecular weight is 458 g/mol. The number of ether oxygens (including phenoxy) is 4. The van der Waals surface area contributed by atoms with Crippen molar-refractivity contribution >= 4 is 22.5 Å². The van der Waals surface area contributed by atoms with Crippen LogP contribution in [0.15, 0.2) is 36.4 Å². The highest BCUT2D eigenvalue weighted by Crippen LogP contribution is 2.39. The number of rotatable bonds is 7. The van der Waals surface area contributed by atoms with Crippen LogP contribution in [0.25, 0.3) is 5.69 Å². The lowest BCUT2D eigenvalue weighted by Crippen LogP contribution is -2.17. The second-order valence-electron chi connectivity index (χ2n) is 6.98. The second kappa shape index (κ2) is 8.91. The largest absolute Gasteiger partial charge is 0.497 e. The highest BCUT2D eigenvalue weighted by molar-refractivity contribution is 7.83. The normalized spacial score (nSPS) is 14.6. The summed E-state index contributed by atoms with van der Waals surface area (Å²) >= 11 is 0. The Labute approximate surface area is 187 Å². The molecule has 1 aliphatic heterocycles. The summed E-state index contributed by atoms with van der Waals surface area (Å²) in [4.78, 5) is 13.2. The number of aromatic nitrogens is 2. The molecule has 2 aromatic carbocycles. The van der Waals surface area contributed by atoms with Crippen molar-refractivity contribution in [2.45, 2.75) is 11.5 Å². The maximum absolute atomic E-state index is 13.2. The predicted molar refractivity (Wildman–Crippen MR) is 120 cm³/mol. The van der Waals surface area contributed by atoms with Crippen LogP contribution < -0.4 is 24.3 Å². The maximum atomic E-state index is 13.2. The van der Waals surface area contributed by atoms with Gasteiger partial charge < -0.3 is 24.3 Å². The standard InChI is InChI=1S/C22H23N3O6S/c1-28-15-7-5-14(6-8-15)25-21(16-11-32(27)12-17(16)24-25)23-22(26)13-9-18(29-2)20(31-4)19(10-13)30-3/h5-10H,11-12H2,1-4H3,(H,23,26). The van der Waals surface area contributed by atoms with E-state index in [1.165, 1.54) is 21.3 Å². The third kappa shape index (κ3) is 3.89. The van der Waals surface area contributed by atoms with Crippen LogP contribution >= 0.6 is 0 Å². The molecule has 0 spiro atoms. The summed E-state index contributed by atoms with van der Waals surface area (Å²) in [6.45, 7) is 0. The zero-order chi connectivity index (χ0) is 22.8. The van der Waals surface area contributed by atoms with Crippen LogP contribution in [0, 0.1) is 0 Å². The molecule has 1 unspecified atom stereocenters. The highest BCUT2D eigenvalue weighted by Gasteiger charge is 2.29. The van der Waals surface area contributed by atoms with Crippen molar-refractivity contribution in [1.29, 1.82) is 0 Å². The fraction of sp³-hybridized carbons (Fsp3) is 0.273. The van der Waals surface area contributed by atoms with Gasteiger partial charge in [0.1, 0.15) is 11.6 Å². The zero-order valence-electron chi connectivity index (χ0n) is 18.1. The molecule has 4 rings (SSSR count). The molecule has 2 heterocycles. The van der Waals surface area contributed by atoms with Crippen molar-refractivity contribution in [1.82, 2.24) is 9.78 Å². The third-order valence-electron chi connectivity index (χ3n) is 5.15. The molecule has 0 radical (unpaired) electrons.